The summed E-state index contributed by atoms with van der Waals surface area (Å²) in [7, 11) is 1.61. The molecule has 0 spiro atoms. The standard InChI is InChI=1S/C15H17F3N4O/c1-23-11-6-13(14-19-9-20-21-14)22(8-11)7-10-4-2-3-5-12(10)15(16,17)18/h2-5,9,11,13H,6-8H2,1H3,(H,19,20,21)/t11-,13+/m1/s1. The topological polar surface area (TPSA) is 54.0 Å². The molecule has 1 aliphatic rings. The summed E-state index contributed by atoms with van der Waals surface area (Å²) < 4.78 is 44.9. The minimum Gasteiger partial charge on any atom is -0.380 e. The summed E-state index contributed by atoms with van der Waals surface area (Å²) in [6.07, 6.45) is -2.33. The van der Waals surface area contributed by atoms with Gasteiger partial charge in [0.15, 0.2) is 0 Å². The first-order chi connectivity index (χ1) is 11.0. The zero-order valence-corrected chi connectivity index (χ0v) is 12.5. The fourth-order valence-corrected chi connectivity index (χ4v) is 3.02. The number of nitrogens with zero attached hydrogens (tertiary/aromatic N) is 3. The van der Waals surface area contributed by atoms with Crippen LogP contribution in [0.5, 0.6) is 0 Å². The van der Waals surface area contributed by atoms with E-state index in [1.165, 1.54) is 18.5 Å². The Morgan fingerprint density at radius 3 is 2.78 bits per heavy atom. The second-order valence-corrected chi connectivity index (χ2v) is 5.56. The molecule has 5 nitrogen and oxygen atoms in total. The van der Waals surface area contributed by atoms with Crippen LogP contribution in [0.3, 0.4) is 0 Å². The number of rotatable bonds is 4. The van der Waals surface area contributed by atoms with E-state index >= 15 is 0 Å². The predicted octanol–water partition coefficient (Wildman–Crippen LogP) is 2.79. The van der Waals surface area contributed by atoms with Gasteiger partial charge in [-0.05, 0) is 18.1 Å². The van der Waals surface area contributed by atoms with E-state index in [4.69, 9.17) is 4.74 Å². The maximum Gasteiger partial charge on any atom is 0.416 e. The zero-order chi connectivity index (χ0) is 16.4. The van der Waals surface area contributed by atoms with Crippen LogP contribution in [-0.2, 0) is 17.5 Å². The van der Waals surface area contributed by atoms with Crippen LogP contribution in [0.2, 0.25) is 0 Å². The van der Waals surface area contributed by atoms with Gasteiger partial charge in [0.1, 0.15) is 12.2 Å². The van der Waals surface area contributed by atoms with Gasteiger partial charge in [0.25, 0.3) is 0 Å². The summed E-state index contributed by atoms with van der Waals surface area (Å²) in [5, 5.41) is 6.64. The van der Waals surface area contributed by atoms with Gasteiger partial charge in [-0.1, -0.05) is 18.2 Å². The van der Waals surface area contributed by atoms with Crippen LogP contribution in [0.25, 0.3) is 0 Å². The molecule has 0 aliphatic carbocycles. The molecule has 0 bridgehead atoms. The molecule has 2 aromatic rings. The second kappa shape index (κ2) is 6.29. The molecule has 8 heteroatoms. The first-order valence-corrected chi connectivity index (χ1v) is 7.26. The molecule has 124 valence electrons. The van der Waals surface area contributed by atoms with E-state index in [1.807, 2.05) is 4.90 Å². The van der Waals surface area contributed by atoms with Gasteiger partial charge in [0, 0.05) is 20.2 Å². The van der Waals surface area contributed by atoms with E-state index in [0.29, 0.717) is 18.8 Å². The molecule has 1 saturated heterocycles. The highest BCUT2D eigenvalue weighted by Crippen LogP contribution is 2.36. The molecule has 1 fully saturated rings. The Hall–Kier alpha value is -1.93. The van der Waals surface area contributed by atoms with Crippen LogP contribution in [0, 0.1) is 0 Å². The second-order valence-electron chi connectivity index (χ2n) is 5.56. The Morgan fingerprint density at radius 2 is 2.13 bits per heavy atom. The highest BCUT2D eigenvalue weighted by atomic mass is 19.4. The van der Waals surface area contributed by atoms with E-state index in [2.05, 4.69) is 15.2 Å². The summed E-state index contributed by atoms with van der Waals surface area (Å²) >= 11 is 0. The SMILES string of the molecule is CO[C@@H]1C[C@@H](c2ncn[nH]2)N(Cc2ccccc2C(F)(F)F)C1. The van der Waals surface area contributed by atoms with E-state index in [0.717, 1.165) is 6.07 Å². The van der Waals surface area contributed by atoms with Gasteiger partial charge in [0.2, 0.25) is 0 Å². The number of benzene rings is 1. The minimum atomic E-state index is -4.36. The molecule has 23 heavy (non-hydrogen) atoms. The van der Waals surface area contributed by atoms with Crippen LogP contribution in [0.1, 0.15) is 29.4 Å². The number of halogens is 3. The molecule has 2 atom stereocenters. The predicted molar refractivity (Wildman–Crippen MR) is 76.4 cm³/mol. The van der Waals surface area contributed by atoms with Crippen LogP contribution in [-0.4, -0.2) is 39.8 Å². The normalized spacial score (nSPS) is 22.6. The van der Waals surface area contributed by atoms with Crippen molar-refractivity contribution in [2.45, 2.75) is 31.3 Å². The van der Waals surface area contributed by atoms with Gasteiger partial charge in [-0.25, -0.2) is 4.98 Å². The van der Waals surface area contributed by atoms with Gasteiger partial charge in [-0.3, -0.25) is 10.00 Å². The highest BCUT2D eigenvalue weighted by molar-refractivity contribution is 5.30. The molecule has 0 unspecified atom stereocenters. The summed E-state index contributed by atoms with van der Waals surface area (Å²) in [5.74, 6) is 0.647. The van der Waals surface area contributed by atoms with E-state index in [9.17, 15) is 13.2 Å². The van der Waals surface area contributed by atoms with Crippen LogP contribution < -0.4 is 0 Å². The molecule has 0 saturated carbocycles. The van der Waals surface area contributed by atoms with Gasteiger partial charge in [0.05, 0.1) is 17.7 Å². The molecule has 2 heterocycles. The number of aromatic nitrogens is 3. The number of H-pyrrole nitrogens is 1. The Labute approximate surface area is 131 Å². The number of alkyl halides is 3. The quantitative estimate of drug-likeness (QED) is 0.939. The molecule has 3 rings (SSSR count). The fourth-order valence-electron chi connectivity index (χ4n) is 3.02. The number of hydrogen-bond acceptors (Lipinski definition) is 4. The van der Waals surface area contributed by atoms with Crippen LogP contribution >= 0.6 is 0 Å². The fraction of sp³-hybridized carbons (Fsp3) is 0.467. The molecule has 1 N–H and O–H groups in total. The lowest BCUT2D eigenvalue weighted by molar-refractivity contribution is -0.138. The van der Waals surface area contributed by atoms with Crippen molar-refractivity contribution in [2.75, 3.05) is 13.7 Å². The Kier molecular flexibility index (Phi) is 4.36. The lowest BCUT2D eigenvalue weighted by atomic mass is 10.1. The van der Waals surface area contributed by atoms with Gasteiger partial charge >= 0.3 is 6.18 Å². The monoisotopic (exact) mass is 326 g/mol. The molecular formula is C15H17F3N4O. The number of ether oxygens (including phenoxy) is 1. The van der Waals surface area contributed by atoms with Crippen molar-refractivity contribution in [3.8, 4) is 0 Å². The smallest absolute Gasteiger partial charge is 0.380 e. The lowest BCUT2D eigenvalue weighted by Gasteiger charge is -2.24. The first kappa shape index (κ1) is 15.9. The van der Waals surface area contributed by atoms with E-state index in [1.54, 1.807) is 13.2 Å². The molecule has 1 aromatic carbocycles. The van der Waals surface area contributed by atoms with Gasteiger partial charge in [-0.15, -0.1) is 0 Å². The molecular weight excluding hydrogens is 309 g/mol. The van der Waals surface area contributed by atoms with Gasteiger partial charge < -0.3 is 4.74 Å². The number of nitrogens with one attached hydrogen (secondary N) is 1. The maximum absolute atomic E-state index is 13.2. The highest BCUT2D eigenvalue weighted by Gasteiger charge is 2.38. The van der Waals surface area contributed by atoms with Gasteiger partial charge in [-0.2, -0.15) is 18.3 Å². The van der Waals surface area contributed by atoms with Crippen molar-refractivity contribution in [3.05, 3.63) is 47.5 Å². The summed E-state index contributed by atoms with van der Waals surface area (Å²) in [6, 6.07) is 5.52. The Balaban J connectivity index is 1.86. The number of methoxy groups -OCH3 is 1. The van der Waals surface area contributed by atoms with Crippen LogP contribution in [0.15, 0.2) is 30.6 Å². The van der Waals surface area contributed by atoms with Crippen molar-refractivity contribution < 1.29 is 17.9 Å². The third-order valence-corrected chi connectivity index (χ3v) is 4.14. The molecule has 1 aromatic heterocycles. The molecule has 1 aliphatic heterocycles. The van der Waals surface area contributed by atoms with Crippen LogP contribution in [0.4, 0.5) is 13.2 Å². The average molecular weight is 326 g/mol. The first-order valence-electron chi connectivity index (χ1n) is 7.26. The van der Waals surface area contributed by atoms with Crippen molar-refractivity contribution >= 4 is 0 Å². The van der Waals surface area contributed by atoms with Crippen molar-refractivity contribution in [1.82, 2.24) is 20.1 Å². The van der Waals surface area contributed by atoms with E-state index in [-0.39, 0.29) is 24.3 Å². The largest absolute Gasteiger partial charge is 0.416 e. The summed E-state index contributed by atoms with van der Waals surface area (Å²) in [4.78, 5) is 6.09. The average Bonchev–Trinajstić information content (AvgIpc) is 3.15. The lowest BCUT2D eigenvalue weighted by Crippen LogP contribution is -2.26. The van der Waals surface area contributed by atoms with Crippen molar-refractivity contribution in [3.63, 3.8) is 0 Å². The number of hydrogen-bond donors (Lipinski definition) is 1. The Bertz CT molecular complexity index is 644. The number of likely N-dealkylation sites (tertiary alicyclic amines) is 1. The molecule has 0 radical (unpaired) electrons. The Morgan fingerprint density at radius 1 is 1.35 bits per heavy atom. The third-order valence-electron chi connectivity index (χ3n) is 4.14. The minimum absolute atomic E-state index is 0.0388. The molecule has 0 amide bonds. The van der Waals surface area contributed by atoms with Crippen molar-refractivity contribution in [1.29, 1.82) is 0 Å². The van der Waals surface area contributed by atoms with E-state index < -0.39 is 11.7 Å². The summed E-state index contributed by atoms with van der Waals surface area (Å²) in [6.45, 7) is 0.731. The number of aromatic amines is 1. The third kappa shape index (κ3) is 3.37. The zero-order valence-electron chi connectivity index (χ0n) is 12.5. The van der Waals surface area contributed by atoms with Crippen molar-refractivity contribution in [2.24, 2.45) is 0 Å². The summed E-state index contributed by atoms with van der Waals surface area (Å²) in [5.41, 5.74) is -0.349. The maximum atomic E-state index is 13.2.